The van der Waals surface area contributed by atoms with Crippen LogP contribution in [-0.2, 0) is 6.42 Å². The van der Waals surface area contributed by atoms with Crippen molar-refractivity contribution in [3.05, 3.63) is 47.8 Å². The van der Waals surface area contributed by atoms with E-state index in [2.05, 4.69) is 5.32 Å². The number of hydrogen-bond acceptors (Lipinski definition) is 2. The molecule has 2 nitrogen and oxygen atoms in total. The molecule has 86 valence electrons. The Labute approximate surface area is 98.7 Å². The minimum atomic E-state index is -0.337. The number of fused-ring (bicyclic) bond motifs is 1. The minimum absolute atomic E-state index is 0.109. The Morgan fingerprint density at radius 2 is 2.00 bits per heavy atom. The number of phenols is 1. The van der Waals surface area contributed by atoms with Gasteiger partial charge in [-0.1, -0.05) is 6.07 Å². The third-order valence-corrected chi connectivity index (χ3v) is 3.08. The van der Waals surface area contributed by atoms with Crippen molar-refractivity contribution in [1.82, 2.24) is 0 Å². The second kappa shape index (κ2) is 3.77. The van der Waals surface area contributed by atoms with E-state index in [1.807, 2.05) is 18.2 Å². The highest BCUT2D eigenvalue weighted by Gasteiger charge is 2.12. The first kappa shape index (κ1) is 10.1. The fourth-order valence-electron chi connectivity index (χ4n) is 2.21. The summed E-state index contributed by atoms with van der Waals surface area (Å²) < 4.78 is 13.2. The summed E-state index contributed by atoms with van der Waals surface area (Å²) in [6.07, 6.45) is 0.971. The molecule has 0 aromatic heterocycles. The van der Waals surface area contributed by atoms with Crippen LogP contribution < -0.4 is 5.32 Å². The van der Waals surface area contributed by atoms with Gasteiger partial charge in [-0.05, 0) is 47.9 Å². The van der Waals surface area contributed by atoms with Crippen LogP contribution in [0.2, 0.25) is 0 Å². The summed E-state index contributed by atoms with van der Waals surface area (Å²) in [6.45, 7) is 0.938. The van der Waals surface area contributed by atoms with Crippen LogP contribution in [0.3, 0.4) is 0 Å². The highest BCUT2D eigenvalue weighted by atomic mass is 19.1. The molecule has 2 aromatic carbocycles. The number of benzene rings is 2. The van der Waals surface area contributed by atoms with E-state index in [9.17, 15) is 9.50 Å². The molecule has 1 aliphatic rings. The lowest BCUT2D eigenvalue weighted by atomic mass is 10.0. The molecule has 3 rings (SSSR count). The van der Waals surface area contributed by atoms with Gasteiger partial charge in [0, 0.05) is 17.8 Å². The van der Waals surface area contributed by atoms with E-state index < -0.39 is 0 Å². The molecule has 0 saturated carbocycles. The maximum Gasteiger partial charge on any atom is 0.124 e. The predicted molar refractivity (Wildman–Crippen MR) is 65.7 cm³/mol. The van der Waals surface area contributed by atoms with Gasteiger partial charge in [-0.2, -0.15) is 0 Å². The lowest BCUT2D eigenvalue weighted by Crippen LogP contribution is -1.90. The molecule has 0 unspecified atom stereocenters. The molecule has 0 fully saturated rings. The van der Waals surface area contributed by atoms with Gasteiger partial charge in [0.15, 0.2) is 0 Å². The number of aromatic hydroxyl groups is 1. The third-order valence-electron chi connectivity index (χ3n) is 3.08. The Kier molecular flexibility index (Phi) is 2.25. The van der Waals surface area contributed by atoms with Crippen LogP contribution in [0.25, 0.3) is 11.1 Å². The number of phenolic OH excluding ortho intramolecular Hbond substituents is 1. The molecule has 0 aliphatic carbocycles. The van der Waals surface area contributed by atoms with E-state index in [0.29, 0.717) is 5.56 Å². The number of rotatable bonds is 1. The highest BCUT2D eigenvalue weighted by molar-refractivity contribution is 5.74. The van der Waals surface area contributed by atoms with Gasteiger partial charge in [0.05, 0.1) is 0 Å². The molecule has 0 spiro atoms. The molecular formula is C14H12FNO. The van der Waals surface area contributed by atoms with Gasteiger partial charge in [-0.15, -0.1) is 0 Å². The van der Waals surface area contributed by atoms with Gasteiger partial charge in [0.25, 0.3) is 0 Å². The van der Waals surface area contributed by atoms with E-state index in [4.69, 9.17) is 0 Å². The van der Waals surface area contributed by atoms with Crippen LogP contribution in [0, 0.1) is 5.82 Å². The second-order valence-electron chi connectivity index (χ2n) is 4.21. The van der Waals surface area contributed by atoms with E-state index in [-0.39, 0.29) is 11.6 Å². The largest absolute Gasteiger partial charge is 0.507 e. The molecule has 2 N–H and O–H groups in total. The van der Waals surface area contributed by atoms with Crippen molar-refractivity contribution in [2.24, 2.45) is 0 Å². The van der Waals surface area contributed by atoms with E-state index >= 15 is 0 Å². The topological polar surface area (TPSA) is 32.3 Å². The number of anilines is 1. The Hall–Kier alpha value is -2.03. The van der Waals surface area contributed by atoms with Crippen molar-refractivity contribution in [3.63, 3.8) is 0 Å². The fourth-order valence-corrected chi connectivity index (χ4v) is 2.21. The molecule has 17 heavy (non-hydrogen) atoms. The molecule has 0 atom stereocenters. The fraction of sp³-hybridized carbons (Fsp3) is 0.143. The van der Waals surface area contributed by atoms with Crippen molar-refractivity contribution in [1.29, 1.82) is 0 Å². The van der Waals surface area contributed by atoms with Crippen LogP contribution in [0.4, 0.5) is 10.1 Å². The van der Waals surface area contributed by atoms with Crippen LogP contribution >= 0.6 is 0 Å². The lowest BCUT2D eigenvalue weighted by molar-refractivity contribution is 0.475. The monoisotopic (exact) mass is 229 g/mol. The SMILES string of the molecule is Oc1ccc(F)cc1-c1ccc2c(c1)CCN2. The van der Waals surface area contributed by atoms with Crippen molar-refractivity contribution in [3.8, 4) is 16.9 Å². The smallest absolute Gasteiger partial charge is 0.124 e. The van der Waals surface area contributed by atoms with Gasteiger partial charge in [0.2, 0.25) is 0 Å². The van der Waals surface area contributed by atoms with Gasteiger partial charge in [-0.25, -0.2) is 4.39 Å². The minimum Gasteiger partial charge on any atom is -0.507 e. The van der Waals surface area contributed by atoms with Crippen molar-refractivity contribution < 1.29 is 9.50 Å². The number of nitrogens with one attached hydrogen (secondary N) is 1. The average Bonchev–Trinajstić information content (AvgIpc) is 2.79. The first-order chi connectivity index (χ1) is 8.24. The summed E-state index contributed by atoms with van der Waals surface area (Å²) in [5.74, 6) is -0.228. The maximum absolute atomic E-state index is 13.2. The van der Waals surface area contributed by atoms with E-state index in [1.54, 1.807) is 0 Å². The molecule has 2 aromatic rings. The Balaban J connectivity index is 2.12. The normalized spacial score (nSPS) is 13.2. The zero-order chi connectivity index (χ0) is 11.8. The summed E-state index contributed by atoms with van der Waals surface area (Å²) in [6, 6.07) is 9.88. The predicted octanol–water partition coefficient (Wildman–Crippen LogP) is 3.17. The zero-order valence-electron chi connectivity index (χ0n) is 9.20. The zero-order valence-corrected chi connectivity index (χ0v) is 9.20. The highest BCUT2D eigenvalue weighted by Crippen LogP contribution is 2.33. The van der Waals surface area contributed by atoms with Crippen LogP contribution in [0.5, 0.6) is 5.75 Å². The summed E-state index contributed by atoms with van der Waals surface area (Å²) in [4.78, 5) is 0. The third kappa shape index (κ3) is 1.73. The Bertz CT molecular complexity index is 580. The van der Waals surface area contributed by atoms with E-state index in [0.717, 1.165) is 24.2 Å². The van der Waals surface area contributed by atoms with Crippen molar-refractivity contribution >= 4 is 5.69 Å². The van der Waals surface area contributed by atoms with Crippen LogP contribution in [0.1, 0.15) is 5.56 Å². The van der Waals surface area contributed by atoms with Gasteiger partial charge in [-0.3, -0.25) is 0 Å². The number of hydrogen-bond donors (Lipinski definition) is 2. The summed E-state index contributed by atoms with van der Waals surface area (Å²) in [7, 11) is 0. The second-order valence-corrected chi connectivity index (χ2v) is 4.21. The summed E-state index contributed by atoms with van der Waals surface area (Å²) >= 11 is 0. The number of halogens is 1. The van der Waals surface area contributed by atoms with Gasteiger partial charge in [0.1, 0.15) is 11.6 Å². The van der Waals surface area contributed by atoms with Crippen LogP contribution in [0.15, 0.2) is 36.4 Å². The first-order valence-corrected chi connectivity index (χ1v) is 5.60. The van der Waals surface area contributed by atoms with Crippen molar-refractivity contribution in [2.75, 3.05) is 11.9 Å². The molecule has 0 bridgehead atoms. The molecule has 1 aliphatic heterocycles. The standard InChI is InChI=1S/C14H12FNO/c15-11-2-4-14(17)12(8-11)9-1-3-13-10(7-9)5-6-16-13/h1-4,7-8,16-17H,5-6H2. The first-order valence-electron chi connectivity index (χ1n) is 5.60. The average molecular weight is 229 g/mol. The van der Waals surface area contributed by atoms with Gasteiger partial charge < -0.3 is 10.4 Å². The molecule has 0 saturated heterocycles. The quantitative estimate of drug-likeness (QED) is 0.787. The van der Waals surface area contributed by atoms with Gasteiger partial charge >= 0.3 is 0 Å². The van der Waals surface area contributed by atoms with Crippen molar-refractivity contribution in [2.45, 2.75) is 6.42 Å². The Morgan fingerprint density at radius 1 is 1.12 bits per heavy atom. The summed E-state index contributed by atoms with van der Waals surface area (Å²) in [5.41, 5.74) is 3.74. The van der Waals surface area contributed by atoms with E-state index in [1.165, 1.54) is 23.8 Å². The summed E-state index contributed by atoms with van der Waals surface area (Å²) in [5, 5.41) is 13.0. The maximum atomic E-state index is 13.2. The lowest BCUT2D eigenvalue weighted by Gasteiger charge is -2.07. The molecular weight excluding hydrogens is 217 g/mol. The molecule has 0 radical (unpaired) electrons. The van der Waals surface area contributed by atoms with Crippen LogP contribution in [-0.4, -0.2) is 11.7 Å². The molecule has 0 amide bonds. The molecule has 1 heterocycles. The Morgan fingerprint density at radius 3 is 2.88 bits per heavy atom. The molecule has 3 heteroatoms.